The number of methoxy groups -OCH3 is 1. The molecule has 0 saturated carbocycles. The van der Waals surface area contributed by atoms with E-state index in [4.69, 9.17) is 9.72 Å². The molecule has 0 radical (unpaired) electrons. The molecule has 156 valence electrons. The van der Waals surface area contributed by atoms with Gasteiger partial charge in [-0.25, -0.2) is 4.98 Å². The molecule has 5 heteroatoms. The first kappa shape index (κ1) is 19.9. The van der Waals surface area contributed by atoms with E-state index in [2.05, 4.69) is 52.9 Å². The van der Waals surface area contributed by atoms with Crippen molar-refractivity contribution in [1.82, 2.24) is 9.38 Å². The van der Waals surface area contributed by atoms with E-state index in [-0.39, 0.29) is 0 Å². The Balaban J connectivity index is 1.56. The van der Waals surface area contributed by atoms with Crippen LogP contribution in [0.2, 0.25) is 0 Å². The number of anilines is 2. The molecule has 0 spiro atoms. The minimum absolute atomic E-state index is 0.802. The summed E-state index contributed by atoms with van der Waals surface area (Å²) >= 11 is 1.64. The number of hydrogen-bond acceptors (Lipinski definition) is 4. The smallest absolute Gasteiger partial charge is 0.144 e. The third-order valence-electron chi connectivity index (χ3n) is 5.04. The number of nitrogens with zero attached hydrogens (tertiary/aromatic N) is 2. The fraction of sp³-hybridized carbons (Fsp3) is 0.0741. The Bertz CT molecular complexity index is 1450. The second-order valence-electron chi connectivity index (χ2n) is 7.38. The number of hydrogen-bond donors (Lipinski definition) is 1. The quantitative estimate of drug-likeness (QED) is 0.327. The van der Waals surface area contributed by atoms with E-state index < -0.39 is 0 Å². The van der Waals surface area contributed by atoms with Gasteiger partial charge in [0.1, 0.15) is 22.9 Å². The molecule has 0 atom stereocenters. The number of fused-ring (bicyclic) bond motifs is 1. The highest BCUT2D eigenvalue weighted by Crippen LogP contribution is 2.36. The van der Waals surface area contributed by atoms with Gasteiger partial charge in [-0.2, -0.15) is 0 Å². The molecule has 3 heterocycles. The fourth-order valence-electron chi connectivity index (χ4n) is 3.47. The van der Waals surface area contributed by atoms with E-state index >= 15 is 0 Å². The number of pyridine rings is 1. The number of aromatic nitrogens is 2. The first-order chi connectivity index (χ1) is 15.7. The van der Waals surface area contributed by atoms with E-state index in [1.165, 1.54) is 0 Å². The Morgan fingerprint density at radius 1 is 0.938 bits per heavy atom. The second kappa shape index (κ2) is 8.62. The highest BCUT2D eigenvalue weighted by molar-refractivity contribution is 7.16. The van der Waals surface area contributed by atoms with Crippen LogP contribution in [0.1, 0.15) is 16.0 Å². The molecule has 0 aliphatic heterocycles. The largest absolute Gasteiger partial charge is 0.497 e. The van der Waals surface area contributed by atoms with Crippen LogP contribution in [-0.2, 0) is 0 Å². The van der Waals surface area contributed by atoms with Crippen LogP contribution in [-0.4, -0.2) is 16.5 Å². The highest BCUT2D eigenvalue weighted by Gasteiger charge is 2.16. The summed E-state index contributed by atoms with van der Waals surface area (Å²) < 4.78 is 7.48. The number of benzene rings is 2. The average Bonchev–Trinajstić information content (AvgIpc) is 3.43. The number of ether oxygens (including phenoxy) is 1. The van der Waals surface area contributed by atoms with Crippen molar-refractivity contribution in [2.75, 3.05) is 12.4 Å². The summed E-state index contributed by atoms with van der Waals surface area (Å²) in [6, 6.07) is 26.2. The molecule has 32 heavy (non-hydrogen) atoms. The molecule has 1 N–H and O–H groups in total. The summed E-state index contributed by atoms with van der Waals surface area (Å²) in [7, 11) is 1.67. The van der Waals surface area contributed by atoms with Gasteiger partial charge >= 0.3 is 0 Å². The number of rotatable bonds is 4. The van der Waals surface area contributed by atoms with Gasteiger partial charge in [0.25, 0.3) is 0 Å². The molecule has 0 aliphatic carbocycles. The van der Waals surface area contributed by atoms with Crippen LogP contribution in [0.25, 0.3) is 16.2 Å². The molecule has 0 aliphatic rings. The molecule has 0 bridgehead atoms. The van der Waals surface area contributed by atoms with Crippen molar-refractivity contribution in [3.05, 3.63) is 101 Å². The topological polar surface area (TPSA) is 38.6 Å². The maximum absolute atomic E-state index is 5.39. The summed E-state index contributed by atoms with van der Waals surface area (Å²) in [4.78, 5) is 6.99. The van der Waals surface area contributed by atoms with Gasteiger partial charge in [-0.05, 0) is 55.0 Å². The van der Waals surface area contributed by atoms with Crippen LogP contribution in [0.15, 0.2) is 85.1 Å². The van der Waals surface area contributed by atoms with Gasteiger partial charge in [-0.1, -0.05) is 42.2 Å². The summed E-state index contributed by atoms with van der Waals surface area (Å²) in [5, 5.41) is 3.55. The van der Waals surface area contributed by atoms with Crippen molar-refractivity contribution < 1.29 is 4.74 Å². The summed E-state index contributed by atoms with van der Waals surface area (Å²) in [6.07, 6.45) is 2.10. The molecule has 5 rings (SSSR count). The SMILES string of the molecule is COc1cccc(Nc2c(-c3ccc(C#Cc4ccccc4)s3)nc3ccc(C)cn23)c1. The molecule has 0 unspecified atom stereocenters. The molecule has 0 saturated heterocycles. The Morgan fingerprint density at radius 2 is 1.81 bits per heavy atom. The van der Waals surface area contributed by atoms with Gasteiger partial charge in [0.2, 0.25) is 0 Å². The van der Waals surface area contributed by atoms with Crippen LogP contribution < -0.4 is 10.1 Å². The maximum Gasteiger partial charge on any atom is 0.144 e. The molecular formula is C27H21N3OS. The van der Waals surface area contributed by atoms with E-state index in [0.717, 1.165) is 49.5 Å². The van der Waals surface area contributed by atoms with E-state index in [1.54, 1.807) is 18.4 Å². The predicted molar refractivity (Wildman–Crippen MR) is 132 cm³/mol. The fourth-order valence-corrected chi connectivity index (χ4v) is 4.32. The molecule has 5 aromatic rings. The molecule has 2 aromatic carbocycles. The summed E-state index contributed by atoms with van der Waals surface area (Å²) in [5.74, 6) is 8.23. The molecule has 0 fully saturated rings. The lowest BCUT2D eigenvalue weighted by Gasteiger charge is -2.10. The Labute approximate surface area is 191 Å². The lowest BCUT2D eigenvalue weighted by atomic mass is 10.2. The van der Waals surface area contributed by atoms with Gasteiger partial charge in [-0.15, -0.1) is 11.3 Å². The maximum atomic E-state index is 5.39. The van der Waals surface area contributed by atoms with Crippen LogP contribution in [0.5, 0.6) is 5.75 Å². The van der Waals surface area contributed by atoms with E-state index in [0.29, 0.717) is 0 Å². The van der Waals surface area contributed by atoms with Crippen molar-refractivity contribution in [2.24, 2.45) is 0 Å². The lowest BCUT2D eigenvalue weighted by Crippen LogP contribution is -1.97. The van der Waals surface area contributed by atoms with Crippen molar-refractivity contribution in [3.8, 4) is 28.2 Å². The van der Waals surface area contributed by atoms with Gasteiger partial charge in [0.05, 0.1) is 16.9 Å². The summed E-state index contributed by atoms with van der Waals surface area (Å²) in [5.41, 5.74) is 4.90. The van der Waals surface area contributed by atoms with Gasteiger partial charge in [0, 0.05) is 23.5 Å². The highest BCUT2D eigenvalue weighted by atomic mass is 32.1. The number of nitrogens with one attached hydrogen (secondary N) is 1. The Morgan fingerprint density at radius 3 is 2.66 bits per heavy atom. The predicted octanol–water partition coefficient (Wildman–Crippen LogP) is 6.52. The molecule has 4 nitrogen and oxygen atoms in total. The first-order valence-corrected chi connectivity index (χ1v) is 11.1. The van der Waals surface area contributed by atoms with Gasteiger partial charge in [0.15, 0.2) is 0 Å². The summed E-state index contributed by atoms with van der Waals surface area (Å²) in [6.45, 7) is 2.08. The van der Waals surface area contributed by atoms with Crippen molar-refractivity contribution >= 4 is 28.5 Å². The standard InChI is InChI=1S/C27H21N3OS/c1-19-11-16-25-29-26(24-15-14-23(32-24)13-12-20-7-4-3-5-8-20)27(30(25)18-19)28-21-9-6-10-22(17-21)31-2/h3-11,14-18,28H,1-2H3. The van der Waals surface area contributed by atoms with E-state index in [9.17, 15) is 0 Å². The minimum atomic E-state index is 0.802. The minimum Gasteiger partial charge on any atom is -0.497 e. The molecular weight excluding hydrogens is 414 g/mol. The second-order valence-corrected chi connectivity index (χ2v) is 8.46. The van der Waals surface area contributed by atoms with Crippen molar-refractivity contribution in [3.63, 3.8) is 0 Å². The number of imidazole rings is 1. The van der Waals surface area contributed by atoms with Crippen LogP contribution in [0, 0.1) is 18.8 Å². The zero-order valence-corrected chi connectivity index (χ0v) is 18.6. The van der Waals surface area contributed by atoms with Crippen molar-refractivity contribution in [2.45, 2.75) is 6.92 Å². The number of aryl methyl sites for hydroxylation is 1. The van der Waals surface area contributed by atoms with Gasteiger partial charge < -0.3 is 10.1 Å². The average molecular weight is 436 g/mol. The third kappa shape index (κ3) is 4.09. The third-order valence-corrected chi connectivity index (χ3v) is 6.05. The zero-order chi connectivity index (χ0) is 21.9. The van der Waals surface area contributed by atoms with Crippen LogP contribution >= 0.6 is 11.3 Å². The molecule has 3 aromatic heterocycles. The van der Waals surface area contributed by atoms with Crippen molar-refractivity contribution in [1.29, 1.82) is 0 Å². The Hall–Kier alpha value is -4.01. The van der Waals surface area contributed by atoms with Gasteiger partial charge in [-0.3, -0.25) is 4.40 Å². The Kier molecular flexibility index (Phi) is 5.37. The number of thiophene rings is 1. The lowest BCUT2D eigenvalue weighted by molar-refractivity contribution is 0.415. The molecule has 0 amide bonds. The van der Waals surface area contributed by atoms with E-state index in [1.807, 2.05) is 60.7 Å². The van der Waals surface area contributed by atoms with Crippen LogP contribution in [0.4, 0.5) is 11.5 Å². The zero-order valence-electron chi connectivity index (χ0n) is 17.8. The van der Waals surface area contributed by atoms with Crippen LogP contribution in [0.3, 0.4) is 0 Å². The first-order valence-electron chi connectivity index (χ1n) is 10.3. The monoisotopic (exact) mass is 435 g/mol. The normalized spacial score (nSPS) is 10.6.